The number of Topliss-reactive ketones (excluding diaryl/α,β-unsaturated/α-hetero) is 1. The lowest BCUT2D eigenvalue weighted by atomic mass is 9.96. The van der Waals surface area contributed by atoms with Crippen LogP contribution < -0.4 is 0 Å². The number of halogens is 1. The number of hydrogen-bond acceptors (Lipinski definition) is 2. The van der Waals surface area contributed by atoms with Gasteiger partial charge in [0.25, 0.3) is 0 Å². The molecule has 3 heteroatoms. The van der Waals surface area contributed by atoms with E-state index < -0.39 is 0 Å². The van der Waals surface area contributed by atoms with Crippen molar-refractivity contribution in [1.29, 1.82) is 5.26 Å². The van der Waals surface area contributed by atoms with E-state index in [0.717, 1.165) is 5.56 Å². The predicted molar refractivity (Wildman–Crippen MR) is 59.9 cm³/mol. The van der Waals surface area contributed by atoms with E-state index >= 15 is 0 Å². The second-order valence-electron chi connectivity index (χ2n) is 3.59. The van der Waals surface area contributed by atoms with Crippen LogP contribution in [0.25, 0.3) is 0 Å². The minimum atomic E-state index is -0.270. The Balaban J connectivity index is 2.93. The normalized spacial score (nSPS) is 11.9. The van der Waals surface area contributed by atoms with Crippen molar-refractivity contribution >= 4 is 17.4 Å². The van der Waals surface area contributed by atoms with E-state index in [0.29, 0.717) is 10.6 Å². The van der Waals surface area contributed by atoms with E-state index in [1.165, 1.54) is 0 Å². The van der Waals surface area contributed by atoms with E-state index in [1.54, 1.807) is 19.1 Å². The maximum atomic E-state index is 11.8. The van der Waals surface area contributed by atoms with E-state index in [-0.39, 0.29) is 18.1 Å². The van der Waals surface area contributed by atoms with Crippen molar-refractivity contribution in [3.05, 3.63) is 34.3 Å². The lowest BCUT2D eigenvalue weighted by molar-refractivity contribution is 0.0932. The van der Waals surface area contributed by atoms with Crippen LogP contribution in [0, 0.1) is 24.2 Å². The van der Waals surface area contributed by atoms with Gasteiger partial charge in [-0.1, -0.05) is 30.7 Å². The molecule has 1 aromatic carbocycles. The molecule has 15 heavy (non-hydrogen) atoms. The van der Waals surface area contributed by atoms with Gasteiger partial charge in [-0.25, -0.2) is 0 Å². The number of carbonyl (C=O) groups excluding carboxylic acids is 1. The molecule has 1 atom stereocenters. The molecule has 0 aromatic heterocycles. The zero-order valence-electron chi connectivity index (χ0n) is 8.75. The molecule has 0 saturated heterocycles. The average molecular weight is 222 g/mol. The maximum absolute atomic E-state index is 11.8. The van der Waals surface area contributed by atoms with Gasteiger partial charge in [0, 0.05) is 22.9 Å². The summed E-state index contributed by atoms with van der Waals surface area (Å²) in [5, 5.41) is 9.09. The van der Waals surface area contributed by atoms with E-state index in [2.05, 4.69) is 0 Å². The predicted octanol–water partition coefficient (Wildman–Crippen LogP) is 3.38. The molecule has 0 bridgehead atoms. The summed E-state index contributed by atoms with van der Waals surface area (Å²) in [5.74, 6) is -0.299. The molecule has 0 heterocycles. The van der Waals surface area contributed by atoms with Crippen LogP contribution in [0.3, 0.4) is 0 Å². The van der Waals surface area contributed by atoms with Gasteiger partial charge < -0.3 is 0 Å². The van der Waals surface area contributed by atoms with Gasteiger partial charge in [0.1, 0.15) is 0 Å². The third-order valence-corrected chi connectivity index (χ3v) is 2.71. The molecule has 78 valence electrons. The fourth-order valence-corrected chi connectivity index (χ4v) is 1.44. The molecule has 0 aliphatic heterocycles. The first-order valence-electron chi connectivity index (χ1n) is 4.73. The van der Waals surface area contributed by atoms with Gasteiger partial charge in [0.2, 0.25) is 0 Å². The van der Waals surface area contributed by atoms with Gasteiger partial charge in [-0.15, -0.1) is 0 Å². The fourth-order valence-electron chi connectivity index (χ4n) is 1.26. The van der Waals surface area contributed by atoms with Gasteiger partial charge in [-0.3, -0.25) is 4.79 Å². The van der Waals surface area contributed by atoms with E-state index in [4.69, 9.17) is 16.9 Å². The summed E-state index contributed by atoms with van der Waals surface area (Å²) in [7, 11) is 0. The molecule has 0 amide bonds. The SMILES string of the molecule is Cc1ccc(C(=O)C(C)CC#N)cc1Cl. The summed E-state index contributed by atoms with van der Waals surface area (Å²) in [6, 6.07) is 7.21. The van der Waals surface area contributed by atoms with Crippen molar-refractivity contribution in [3.8, 4) is 6.07 Å². The van der Waals surface area contributed by atoms with Gasteiger partial charge in [0.05, 0.1) is 6.07 Å². The highest BCUT2D eigenvalue weighted by atomic mass is 35.5. The topological polar surface area (TPSA) is 40.9 Å². The molecule has 0 aliphatic carbocycles. The molecule has 1 rings (SSSR count). The number of benzene rings is 1. The summed E-state index contributed by atoms with van der Waals surface area (Å²) in [6.45, 7) is 3.63. The smallest absolute Gasteiger partial charge is 0.166 e. The van der Waals surface area contributed by atoms with E-state index in [9.17, 15) is 4.79 Å². The first kappa shape index (κ1) is 11.7. The van der Waals surface area contributed by atoms with Crippen molar-refractivity contribution in [2.24, 2.45) is 5.92 Å². The number of ketones is 1. The van der Waals surface area contributed by atoms with Crippen molar-refractivity contribution in [1.82, 2.24) is 0 Å². The van der Waals surface area contributed by atoms with Gasteiger partial charge in [-0.05, 0) is 18.6 Å². The summed E-state index contributed by atoms with van der Waals surface area (Å²) in [6.07, 6.45) is 0.240. The zero-order valence-corrected chi connectivity index (χ0v) is 9.51. The van der Waals surface area contributed by atoms with Crippen LogP contribution in [-0.2, 0) is 0 Å². The lowest BCUT2D eigenvalue weighted by Crippen LogP contribution is -2.10. The minimum Gasteiger partial charge on any atom is -0.294 e. The van der Waals surface area contributed by atoms with Gasteiger partial charge in [0.15, 0.2) is 5.78 Å². The third kappa shape index (κ3) is 2.81. The number of hydrogen-bond donors (Lipinski definition) is 0. The Morgan fingerprint density at radius 3 is 2.80 bits per heavy atom. The number of rotatable bonds is 3. The minimum absolute atomic E-state index is 0.0292. The van der Waals surface area contributed by atoms with Crippen LogP contribution in [0.5, 0.6) is 0 Å². The Morgan fingerprint density at radius 1 is 1.60 bits per heavy atom. The summed E-state index contributed by atoms with van der Waals surface area (Å²) < 4.78 is 0. The van der Waals surface area contributed by atoms with Crippen LogP contribution in [-0.4, -0.2) is 5.78 Å². The van der Waals surface area contributed by atoms with Crippen molar-refractivity contribution in [3.63, 3.8) is 0 Å². The van der Waals surface area contributed by atoms with Crippen LogP contribution in [0.15, 0.2) is 18.2 Å². The zero-order chi connectivity index (χ0) is 11.4. The number of aryl methyl sites for hydroxylation is 1. The summed E-state index contributed by atoms with van der Waals surface area (Å²) in [5.41, 5.74) is 1.52. The molecule has 0 saturated carbocycles. The Bertz CT molecular complexity index is 420. The monoisotopic (exact) mass is 221 g/mol. The number of nitriles is 1. The average Bonchev–Trinajstić information content (AvgIpc) is 2.21. The largest absolute Gasteiger partial charge is 0.294 e. The Morgan fingerprint density at radius 2 is 2.27 bits per heavy atom. The first-order valence-corrected chi connectivity index (χ1v) is 5.11. The number of carbonyl (C=O) groups is 1. The van der Waals surface area contributed by atoms with E-state index in [1.807, 2.05) is 19.1 Å². The molecule has 0 radical (unpaired) electrons. The molecule has 1 aromatic rings. The Kier molecular flexibility index (Phi) is 3.88. The van der Waals surface area contributed by atoms with Crippen molar-refractivity contribution in [2.75, 3.05) is 0 Å². The molecular formula is C12H12ClNO. The molecule has 0 N–H and O–H groups in total. The molecule has 0 fully saturated rings. The van der Waals surface area contributed by atoms with Crippen molar-refractivity contribution < 1.29 is 4.79 Å². The molecule has 1 unspecified atom stereocenters. The van der Waals surface area contributed by atoms with Gasteiger partial charge in [-0.2, -0.15) is 5.26 Å². The Labute approximate surface area is 94.5 Å². The maximum Gasteiger partial charge on any atom is 0.166 e. The highest BCUT2D eigenvalue weighted by Crippen LogP contribution is 2.19. The highest BCUT2D eigenvalue weighted by Gasteiger charge is 2.15. The van der Waals surface area contributed by atoms with Crippen LogP contribution in [0.2, 0.25) is 5.02 Å². The fraction of sp³-hybridized carbons (Fsp3) is 0.333. The summed E-state index contributed by atoms with van der Waals surface area (Å²) in [4.78, 5) is 11.8. The Hall–Kier alpha value is -1.33. The second-order valence-corrected chi connectivity index (χ2v) is 4.00. The van der Waals surface area contributed by atoms with Crippen LogP contribution in [0.1, 0.15) is 29.3 Å². The molecule has 2 nitrogen and oxygen atoms in total. The van der Waals surface area contributed by atoms with Crippen LogP contribution in [0.4, 0.5) is 0 Å². The highest BCUT2D eigenvalue weighted by molar-refractivity contribution is 6.31. The summed E-state index contributed by atoms with van der Waals surface area (Å²) >= 11 is 5.92. The number of nitrogens with zero attached hydrogens (tertiary/aromatic N) is 1. The standard InChI is InChI=1S/C12H12ClNO/c1-8-3-4-10(7-11(8)13)12(15)9(2)5-6-14/h3-4,7,9H,5H2,1-2H3. The molecule has 0 spiro atoms. The third-order valence-electron chi connectivity index (χ3n) is 2.30. The van der Waals surface area contributed by atoms with Gasteiger partial charge >= 0.3 is 0 Å². The molecule has 0 aliphatic rings. The second kappa shape index (κ2) is 4.95. The van der Waals surface area contributed by atoms with Crippen LogP contribution >= 0.6 is 11.6 Å². The lowest BCUT2D eigenvalue weighted by Gasteiger charge is -2.07. The molecular weight excluding hydrogens is 210 g/mol. The van der Waals surface area contributed by atoms with Crippen molar-refractivity contribution in [2.45, 2.75) is 20.3 Å². The quantitative estimate of drug-likeness (QED) is 0.735. The first-order chi connectivity index (χ1) is 7.06.